The number of hydrogen-bond acceptors (Lipinski definition) is 11. The maximum absolute atomic E-state index is 13.8. The first kappa shape index (κ1) is 42.9. The molecule has 0 amide bonds. The van der Waals surface area contributed by atoms with E-state index in [1.807, 2.05) is 60.7 Å². The summed E-state index contributed by atoms with van der Waals surface area (Å²) in [5.41, 5.74) is 3.59. The molecule has 0 bridgehead atoms. The minimum Gasteiger partial charge on any atom is -0.489 e. The number of carbonyl (C=O) groups is 2. The van der Waals surface area contributed by atoms with Gasteiger partial charge in [-0.1, -0.05) is 54.6 Å². The third-order valence-electron chi connectivity index (χ3n) is 8.56. The lowest BCUT2D eigenvalue weighted by Gasteiger charge is -2.21. The lowest BCUT2D eigenvalue weighted by molar-refractivity contribution is -0.158. The van der Waals surface area contributed by atoms with E-state index in [0.717, 1.165) is 16.7 Å². The number of rotatable bonds is 15. The molecule has 0 radical (unpaired) electrons. The van der Waals surface area contributed by atoms with Gasteiger partial charge < -0.3 is 27.9 Å². The van der Waals surface area contributed by atoms with Crippen molar-refractivity contribution in [3.05, 3.63) is 145 Å². The molecular formula is C48H47NO10S. The zero-order valence-corrected chi connectivity index (χ0v) is 35.2. The topological polar surface area (TPSA) is 137 Å². The molecule has 60 heavy (non-hydrogen) atoms. The third kappa shape index (κ3) is 12.0. The van der Waals surface area contributed by atoms with Gasteiger partial charge in [0.25, 0.3) is 0 Å². The molecule has 12 heteroatoms. The van der Waals surface area contributed by atoms with Crippen LogP contribution in [0.3, 0.4) is 0 Å². The summed E-state index contributed by atoms with van der Waals surface area (Å²) < 4.78 is 62.0. The Labute approximate surface area is 351 Å². The molecule has 1 heterocycles. The Morgan fingerprint density at radius 2 is 1.00 bits per heavy atom. The van der Waals surface area contributed by atoms with Crippen LogP contribution < -0.4 is 18.4 Å². The highest BCUT2D eigenvalue weighted by atomic mass is 32.2. The molecule has 5 aromatic carbocycles. The minimum absolute atomic E-state index is 0.00473. The molecular weight excluding hydrogens is 783 g/mol. The van der Waals surface area contributed by atoms with Crippen molar-refractivity contribution in [2.75, 3.05) is 13.2 Å². The van der Waals surface area contributed by atoms with Crippen LogP contribution >= 0.6 is 0 Å². The smallest absolute Gasteiger partial charge is 0.344 e. The normalized spacial score (nSPS) is 11.6. The molecule has 0 saturated carbocycles. The molecule has 0 atom stereocenters. The molecule has 0 fully saturated rings. The lowest BCUT2D eigenvalue weighted by Crippen LogP contribution is -2.27. The molecule has 0 saturated heterocycles. The van der Waals surface area contributed by atoms with Gasteiger partial charge in [0.2, 0.25) is 0 Å². The predicted octanol–water partition coefficient (Wildman–Crippen LogP) is 9.87. The molecule has 0 aliphatic carbocycles. The number of hydrogen-bond donors (Lipinski definition) is 0. The van der Waals surface area contributed by atoms with E-state index in [9.17, 15) is 18.0 Å². The van der Waals surface area contributed by atoms with Gasteiger partial charge in [0.1, 0.15) is 40.0 Å². The minimum atomic E-state index is -4.28. The van der Waals surface area contributed by atoms with Crippen molar-refractivity contribution >= 4 is 22.1 Å². The van der Waals surface area contributed by atoms with E-state index < -0.39 is 33.3 Å². The monoisotopic (exact) mass is 829 g/mol. The van der Waals surface area contributed by atoms with E-state index >= 15 is 0 Å². The lowest BCUT2D eigenvalue weighted by atomic mass is 9.87. The maximum Gasteiger partial charge on any atom is 0.344 e. The van der Waals surface area contributed by atoms with Crippen molar-refractivity contribution in [3.63, 3.8) is 0 Å². The second-order valence-corrected chi connectivity index (χ2v) is 17.2. The van der Waals surface area contributed by atoms with Crippen LogP contribution in [0.2, 0.25) is 0 Å². The summed E-state index contributed by atoms with van der Waals surface area (Å²) in [5.74, 6) is 0.564. The Morgan fingerprint density at radius 3 is 1.50 bits per heavy atom. The van der Waals surface area contributed by atoms with Crippen LogP contribution in [0.4, 0.5) is 0 Å². The van der Waals surface area contributed by atoms with Gasteiger partial charge in [0.05, 0.1) is 0 Å². The molecule has 6 aromatic rings. The van der Waals surface area contributed by atoms with Crippen molar-refractivity contribution < 1.29 is 45.9 Å². The van der Waals surface area contributed by atoms with Crippen LogP contribution in [0.5, 0.6) is 23.0 Å². The number of aromatic nitrogens is 1. The molecule has 310 valence electrons. The molecule has 0 aliphatic heterocycles. The molecule has 0 spiro atoms. The Balaban J connectivity index is 1.44. The number of carbonyl (C=O) groups excluding carboxylic acids is 2. The second-order valence-electron chi connectivity index (χ2n) is 15.7. The summed E-state index contributed by atoms with van der Waals surface area (Å²) in [6.45, 7) is 10.5. The van der Waals surface area contributed by atoms with Gasteiger partial charge in [0, 0.05) is 23.5 Å². The van der Waals surface area contributed by atoms with Crippen LogP contribution in [0.25, 0.3) is 33.4 Å². The van der Waals surface area contributed by atoms with Gasteiger partial charge in [-0.05, 0) is 142 Å². The van der Waals surface area contributed by atoms with E-state index in [4.69, 9.17) is 27.9 Å². The SMILES string of the molecule is CC(C)(C)OC(=O)COc1ccc(-c2ccc(OS(=O)(=O)c3ccccc3)c(-c3ccc(OCc4ccncc4)cc3)c2-c2ccc(OCC(=O)OC(C)(C)C)cc2)cc1. The van der Waals surface area contributed by atoms with Crippen molar-refractivity contribution in [1.82, 2.24) is 4.98 Å². The third-order valence-corrected chi connectivity index (χ3v) is 9.81. The van der Waals surface area contributed by atoms with Gasteiger partial charge in [-0.2, -0.15) is 8.42 Å². The molecule has 1 aromatic heterocycles. The van der Waals surface area contributed by atoms with Crippen LogP contribution in [0, 0.1) is 0 Å². The standard InChI is InChI=1S/C48H47NO10S/c1-47(2,3)57-43(50)31-55-38-18-12-34(13-19-38)41-24-25-42(59-60(52,53)40-10-8-7-9-11-40)46(36-16-22-37(23-17-36)54-30-33-26-28-49-29-27-33)45(41)35-14-20-39(21-15-35)56-32-44(51)58-48(4,5)6/h7-29H,30-32H2,1-6H3. The maximum atomic E-state index is 13.8. The van der Waals surface area contributed by atoms with E-state index in [2.05, 4.69) is 4.98 Å². The largest absolute Gasteiger partial charge is 0.489 e. The van der Waals surface area contributed by atoms with Gasteiger partial charge >= 0.3 is 22.1 Å². The molecule has 0 aliphatic rings. The van der Waals surface area contributed by atoms with E-state index in [1.54, 1.807) is 109 Å². The zero-order chi connectivity index (χ0) is 42.9. The Bertz CT molecular complexity index is 2490. The average molecular weight is 830 g/mol. The molecule has 0 N–H and O–H groups in total. The summed E-state index contributed by atoms with van der Waals surface area (Å²) in [6, 6.07) is 36.7. The average Bonchev–Trinajstić information content (AvgIpc) is 3.21. The Morgan fingerprint density at radius 1 is 0.533 bits per heavy atom. The number of pyridine rings is 1. The van der Waals surface area contributed by atoms with E-state index in [0.29, 0.717) is 46.1 Å². The quantitative estimate of drug-likeness (QED) is 0.0723. The fourth-order valence-electron chi connectivity index (χ4n) is 6.07. The molecule has 0 unspecified atom stereocenters. The van der Waals surface area contributed by atoms with Gasteiger partial charge in [-0.25, -0.2) is 9.59 Å². The summed E-state index contributed by atoms with van der Waals surface area (Å²) >= 11 is 0. The van der Waals surface area contributed by atoms with Crippen LogP contribution in [-0.4, -0.2) is 49.8 Å². The van der Waals surface area contributed by atoms with Crippen LogP contribution in [-0.2, 0) is 35.8 Å². The van der Waals surface area contributed by atoms with Gasteiger partial charge in [-0.3, -0.25) is 4.98 Å². The van der Waals surface area contributed by atoms with Crippen molar-refractivity contribution in [1.29, 1.82) is 0 Å². The number of nitrogens with zero attached hydrogens (tertiary/aromatic N) is 1. The summed E-state index contributed by atoms with van der Waals surface area (Å²) in [6.07, 6.45) is 3.40. The first-order valence-corrected chi connectivity index (χ1v) is 20.6. The summed E-state index contributed by atoms with van der Waals surface area (Å²) in [7, 11) is -4.28. The van der Waals surface area contributed by atoms with Crippen molar-refractivity contribution in [3.8, 4) is 56.4 Å². The molecule has 6 rings (SSSR count). The summed E-state index contributed by atoms with van der Waals surface area (Å²) in [5, 5.41) is 0. The van der Waals surface area contributed by atoms with E-state index in [-0.39, 0.29) is 23.9 Å². The fourth-order valence-corrected chi connectivity index (χ4v) is 7.03. The van der Waals surface area contributed by atoms with E-state index in [1.165, 1.54) is 12.1 Å². The fraction of sp³-hybridized carbons (Fsp3) is 0.229. The second kappa shape index (κ2) is 18.5. The van der Waals surface area contributed by atoms with Gasteiger partial charge in [-0.15, -0.1) is 0 Å². The number of ether oxygens (including phenoxy) is 5. The van der Waals surface area contributed by atoms with Gasteiger partial charge in [0.15, 0.2) is 19.0 Å². The summed E-state index contributed by atoms with van der Waals surface area (Å²) in [4.78, 5) is 28.8. The van der Waals surface area contributed by atoms with Crippen LogP contribution in [0.15, 0.2) is 145 Å². The highest BCUT2D eigenvalue weighted by Gasteiger charge is 2.25. The van der Waals surface area contributed by atoms with Crippen molar-refractivity contribution in [2.45, 2.75) is 64.2 Å². The van der Waals surface area contributed by atoms with Crippen molar-refractivity contribution in [2.24, 2.45) is 0 Å². The van der Waals surface area contributed by atoms with Crippen LogP contribution in [0.1, 0.15) is 47.1 Å². The number of benzene rings is 5. The number of esters is 2. The Hall–Kier alpha value is -6.66. The predicted molar refractivity (Wildman–Crippen MR) is 228 cm³/mol. The first-order chi connectivity index (χ1) is 28.5. The zero-order valence-electron chi connectivity index (χ0n) is 34.3. The Kier molecular flexibility index (Phi) is 13.2. The first-order valence-electron chi connectivity index (χ1n) is 19.2. The highest BCUT2D eigenvalue weighted by molar-refractivity contribution is 7.87. The highest BCUT2D eigenvalue weighted by Crippen LogP contribution is 2.47. The molecule has 11 nitrogen and oxygen atoms in total.